The lowest BCUT2D eigenvalue weighted by Crippen LogP contribution is -2.37. The average molecular weight is 462 g/mol. The maximum absolute atomic E-state index is 12.7. The van der Waals surface area contributed by atoms with Crippen LogP contribution in [-0.2, 0) is 11.0 Å². The van der Waals surface area contributed by atoms with E-state index in [0.717, 1.165) is 18.2 Å². The molecule has 12 heteroatoms. The molecule has 0 saturated carbocycles. The molecule has 0 saturated heterocycles. The van der Waals surface area contributed by atoms with Gasteiger partial charge in [-0.3, -0.25) is 9.59 Å². The van der Waals surface area contributed by atoms with E-state index in [9.17, 15) is 27.9 Å². The van der Waals surface area contributed by atoms with E-state index in [0.29, 0.717) is 11.3 Å². The van der Waals surface area contributed by atoms with Crippen molar-refractivity contribution in [2.24, 2.45) is 11.5 Å². The second-order valence-electron chi connectivity index (χ2n) is 6.62. The molecule has 9 nitrogen and oxygen atoms in total. The van der Waals surface area contributed by atoms with Gasteiger partial charge < -0.3 is 26.0 Å². The van der Waals surface area contributed by atoms with E-state index in [1.165, 1.54) is 36.4 Å². The number of nitrogens with two attached hydrogens (primary N) is 2. The van der Waals surface area contributed by atoms with Crippen LogP contribution in [0.2, 0.25) is 0 Å². The van der Waals surface area contributed by atoms with Crippen LogP contribution in [0.1, 0.15) is 16.1 Å². The first-order valence-electron chi connectivity index (χ1n) is 9.28. The van der Waals surface area contributed by atoms with Gasteiger partial charge in [0.2, 0.25) is 12.0 Å². The first kappa shape index (κ1) is 23.5. The number of aromatic nitrogens is 2. The van der Waals surface area contributed by atoms with Crippen molar-refractivity contribution >= 4 is 11.8 Å². The highest BCUT2D eigenvalue weighted by Gasteiger charge is 2.30. The molecule has 5 N–H and O–H groups in total. The fourth-order valence-electron chi connectivity index (χ4n) is 2.59. The predicted molar refractivity (Wildman–Crippen MR) is 108 cm³/mol. The Morgan fingerprint density at radius 3 is 2.03 bits per heavy atom. The molecular formula is C21H17F3N4O5. The van der Waals surface area contributed by atoms with Crippen LogP contribution in [0.4, 0.5) is 13.2 Å². The van der Waals surface area contributed by atoms with Gasteiger partial charge in [-0.05, 0) is 48.5 Å². The van der Waals surface area contributed by atoms with Crippen LogP contribution in [0.25, 0.3) is 11.4 Å². The molecule has 172 valence electrons. The number of carbonyl (C=O) groups is 2. The van der Waals surface area contributed by atoms with E-state index >= 15 is 0 Å². The summed E-state index contributed by atoms with van der Waals surface area (Å²) in [5, 5.41) is 9.20. The number of benzene rings is 2. The van der Waals surface area contributed by atoms with Gasteiger partial charge in [0.1, 0.15) is 17.2 Å². The Bertz CT molecular complexity index is 1150. The molecule has 2 aromatic carbocycles. The standard InChI is InChI=1S/C21H17F3N4O5/c22-21(23,24)12-3-7-14(8-4-12)32-13-5-1-11(2-6-13)20-27-15(18(25)30)9-17(28-20)33-16(10-29)19(26)31/h1-9,16,29H,10H2,(H2,25,30)(H2,26,31)/t16-/m0/s1. The van der Waals surface area contributed by atoms with Crippen molar-refractivity contribution in [3.8, 4) is 28.8 Å². The zero-order chi connectivity index (χ0) is 24.2. The predicted octanol–water partition coefficient (Wildman–Crippen LogP) is 2.28. The van der Waals surface area contributed by atoms with E-state index in [4.69, 9.17) is 20.9 Å². The number of nitrogens with zero attached hydrogens (tertiary/aromatic N) is 2. The monoisotopic (exact) mass is 462 g/mol. The van der Waals surface area contributed by atoms with Gasteiger partial charge >= 0.3 is 6.18 Å². The number of hydrogen-bond acceptors (Lipinski definition) is 7. The molecule has 0 aliphatic heterocycles. The van der Waals surface area contributed by atoms with Crippen molar-refractivity contribution in [3.05, 3.63) is 65.9 Å². The second kappa shape index (κ2) is 9.53. The van der Waals surface area contributed by atoms with E-state index in [2.05, 4.69) is 9.97 Å². The smallest absolute Gasteiger partial charge is 0.416 e. The van der Waals surface area contributed by atoms with Crippen LogP contribution in [0, 0.1) is 0 Å². The van der Waals surface area contributed by atoms with Crippen molar-refractivity contribution in [1.82, 2.24) is 9.97 Å². The fourth-order valence-corrected chi connectivity index (χ4v) is 2.59. The molecule has 0 radical (unpaired) electrons. The molecule has 3 rings (SSSR count). The third-order valence-electron chi connectivity index (χ3n) is 4.23. The summed E-state index contributed by atoms with van der Waals surface area (Å²) in [6, 6.07) is 11.4. The SMILES string of the molecule is NC(=O)c1cc(O[C@@H](CO)C(N)=O)nc(-c2ccc(Oc3ccc(C(F)(F)F)cc3)cc2)n1. The molecule has 0 bridgehead atoms. The van der Waals surface area contributed by atoms with Gasteiger partial charge in [0.05, 0.1) is 12.2 Å². The quantitative estimate of drug-likeness (QED) is 0.465. The van der Waals surface area contributed by atoms with Crippen molar-refractivity contribution < 1.29 is 37.3 Å². The lowest BCUT2D eigenvalue weighted by atomic mass is 10.2. The molecule has 0 aliphatic rings. The number of halogens is 3. The second-order valence-corrected chi connectivity index (χ2v) is 6.62. The van der Waals surface area contributed by atoms with Crippen LogP contribution in [-0.4, -0.2) is 39.6 Å². The molecular weight excluding hydrogens is 445 g/mol. The first-order valence-corrected chi connectivity index (χ1v) is 9.28. The first-order chi connectivity index (χ1) is 15.6. The van der Waals surface area contributed by atoms with Gasteiger partial charge in [0, 0.05) is 11.6 Å². The number of primary amides is 2. The zero-order valence-corrected chi connectivity index (χ0v) is 16.7. The number of rotatable bonds is 8. The third kappa shape index (κ3) is 5.95. The molecule has 3 aromatic rings. The van der Waals surface area contributed by atoms with E-state index < -0.39 is 36.3 Å². The molecule has 1 atom stereocenters. The lowest BCUT2D eigenvalue weighted by Gasteiger charge is -2.14. The van der Waals surface area contributed by atoms with E-state index in [1.54, 1.807) is 0 Å². The van der Waals surface area contributed by atoms with Crippen LogP contribution in [0.5, 0.6) is 17.4 Å². The highest BCUT2D eigenvalue weighted by atomic mass is 19.4. The number of amides is 2. The number of ether oxygens (including phenoxy) is 2. The molecule has 0 spiro atoms. The number of aliphatic hydroxyl groups is 1. The fraction of sp³-hybridized carbons (Fsp3) is 0.143. The minimum absolute atomic E-state index is 0.0172. The van der Waals surface area contributed by atoms with Gasteiger partial charge in [-0.15, -0.1) is 0 Å². The minimum Gasteiger partial charge on any atom is -0.462 e. The Morgan fingerprint density at radius 2 is 1.55 bits per heavy atom. The summed E-state index contributed by atoms with van der Waals surface area (Å²) in [6.07, 6.45) is -5.84. The zero-order valence-electron chi connectivity index (χ0n) is 16.7. The van der Waals surface area contributed by atoms with Crippen LogP contribution >= 0.6 is 0 Å². The Morgan fingerprint density at radius 1 is 0.970 bits per heavy atom. The summed E-state index contributed by atoms with van der Waals surface area (Å²) in [5.74, 6) is -1.51. The Kier molecular flexibility index (Phi) is 6.78. The summed E-state index contributed by atoms with van der Waals surface area (Å²) in [5.41, 5.74) is 9.81. The van der Waals surface area contributed by atoms with Crippen molar-refractivity contribution in [2.45, 2.75) is 12.3 Å². The van der Waals surface area contributed by atoms with Crippen molar-refractivity contribution in [1.29, 1.82) is 0 Å². The molecule has 1 aromatic heterocycles. The molecule has 0 unspecified atom stereocenters. The Balaban J connectivity index is 1.83. The van der Waals surface area contributed by atoms with E-state index in [1.807, 2.05) is 0 Å². The maximum Gasteiger partial charge on any atom is 0.416 e. The molecule has 2 amide bonds. The summed E-state index contributed by atoms with van der Waals surface area (Å²) >= 11 is 0. The number of alkyl halides is 3. The van der Waals surface area contributed by atoms with Gasteiger partial charge in [0.15, 0.2) is 5.82 Å². The summed E-state index contributed by atoms with van der Waals surface area (Å²) < 4.78 is 48.7. The summed E-state index contributed by atoms with van der Waals surface area (Å²) in [6.45, 7) is -0.712. The normalized spacial score (nSPS) is 12.1. The number of aliphatic hydroxyl groups excluding tert-OH is 1. The maximum atomic E-state index is 12.7. The third-order valence-corrected chi connectivity index (χ3v) is 4.23. The average Bonchev–Trinajstić information content (AvgIpc) is 2.77. The highest BCUT2D eigenvalue weighted by Crippen LogP contribution is 2.32. The molecule has 0 fully saturated rings. The van der Waals surface area contributed by atoms with Gasteiger partial charge in [-0.1, -0.05) is 0 Å². The topological polar surface area (TPSA) is 151 Å². The van der Waals surface area contributed by atoms with E-state index in [-0.39, 0.29) is 23.1 Å². The summed E-state index contributed by atoms with van der Waals surface area (Å²) in [4.78, 5) is 31.0. The van der Waals surface area contributed by atoms with Crippen LogP contribution in [0.3, 0.4) is 0 Å². The largest absolute Gasteiger partial charge is 0.462 e. The van der Waals surface area contributed by atoms with Crippen molar-refractivity contribution in [3.63, 3.8) is 0 Å². The molecule has 0 aliphatic carbocycles. The van der Waals surface area contributed by atoms with Gasteiger partial charge in [-0.2, -0.15) is 18.2 Å². The number of hydrogen-bond donors (Lipinski definition) is 3. The van der Waals surface area contributed by atoms with Crippen LogP contribution < -0.4 is 20.9 Å². The highest BCUT2D eigenvalue weighted by molar-refractivity contribution is 5.91. The van der Waals surface area contributed by atoms with Crippen LogP contribution in [0.15, 0.2) is 54.6 Å². The minimum atomic E-state index is -4.45. The summed E-state index contributed by atoms with van der Waals surface area (Å²) in [7, 11) is 0. The number of carbonyl (C=O) groups excluding carboxylic acids is 2. The Hall–Kier alpha value is -4.19. The lowest BCUT2D eigenvalue weighted by molar-refractivity contribution is -0.137. The molecule has 33 heavy (non-hydrogen) atoms. The van der Waals surface area contributed by atoms with Crippen molar-refractivity contribution in [2.75, 3.05) is 6.61 Å². The van der Waals surface area contributed by atoms with Gasteiger partial charge in [0.25, 0.3) is 11.8 Å². The molecule has 1 heterocycles. The Labute approximate surface area is 184 Å². The van der Waals surface area contributed by atoms with Gasteiger partial charge in [-0.25, -0.2) is 4.98 Å².